The van der Waals surface area contributed by atoms with Crippen molar-refractivity contribution in [2.45, 2.75) is 45.3 Å². The number of halogens is 1. The van der Waals surface area contributed by atoms with E-state index in [0.717, 1.165) is 11.4 Å². The molecule has 2 heterocycles. The summed E-state index contributed by atoms with van der Waals surface area (Å²) in [4.78, 5) is 31.0. The molecule has 2 aliphatic rings. The Morgan fingerprint density at radius 2 is 2.00 bits per heavy atom. The van der Waals surface area contributed by atoms with Crippen LogP contribution in [0, 0.1) is 0 Å². The second-order valence-corrected chi connectivity index (χ2v) is 8.13. The van der Waals surface area contributed by atoms with Crippen molar-refractivity contribution in [1.82, 2.24) is 14.7 Å². The van der Waals surface area contributed by atoms with Crippen molar-refractivity contribution < 1.29 is 14.3 Å². The fourth-order valence-corrected chi connectivity index (χ4v) is 3.53. The Labute approximate surface area is 159 Å². The topological polar surface area (TPSA) is 105 Å². The van der Waals surface area contributed by atoms with Crippen LogP contribution in [0.4, 0.5) is 4.79 Å². The molecule has 0 aromatic rings. The van der Waals surface area contributed by atoms with Gasteiger partial charge in [-0.1, -0.05) is 18.5 Å². The van der Waals surface area contributed by atoms with Crippen molar-refractivity contribution in [1.29, 1.82) is 0 Å². The van der Waals surface area contributed by atoms with Gasteiger partial charge in [-0.25, -0.2) is 4.79 Å². The molecule has 1 unspecified atom stereocenters. The number of ether oxygens (including phenoxy) is 1. The highest BCUT2D eigenvalue weighted by atomic mass is 35.5. The van der Waals surface area contributed by atoms with Crippen LogP contribution in [-0.2, 0) is 9.53 Å². The molecule has 26 heavy (non-hydrogen) atoms. The van der Waals surface area contributed by atoms with Gasteiger partial charge in [0.05, 0.1) is 5.70 Å². The maximum atomic E-state index is 13.4. The van der Waals surface area contributed by atoms with Crippen LogP contribution in [0.15, 0.2) is 22.8 Å². The van der Waals surface area contributed by atoms with Gasteiger partial charge in [-0.3, -0.25) is 4.79 Å². The maximum Gasteiger partial charge on any atom is 0.423 e. The molecule has 1 fully saturated rings. The van der Waals surface area contributed by atoms with Crippen LogP contribution in [0.1, 0.15) is 34.1 Å². The molecule has 0 bridgehead atoms. The van der Waals surface area contributed by atoms with Crippen LogP contribution in [0.5, 0.6) is 0 Å². The number of allylic oxidation sites excluding steroid dienone is 1. The molecular weight excluding hydrogens is 358 g/mol. The number of rotatable bonds is 2. The SMILES string of the molecule is CCC12CN(C)CCN1C(/C=C(\N)Cl)=C(N)N(C(=O)OC(C)(C)C)C2=O. The van der Waals surface area contributed by atoms with Crippen LogP contribution in [0.2, 0.25) is 0 Å². The summed E-state index contributed by atoms with van der Waals surface area (Å²) in [7, 11) is 1.94. The van der Waals surface area contributed by atoms with E-state index in [1.807, 2.05) is 18.9 Å². The van der Waals surface area contributed by atoms with Crippen molar-refractivity contribution in [2.75, 3.05) is 26.7 Å². The average Bonchev–Trinajstić information content (AvgIpc) is 2.49. The van der Waals surface area contributed by atoms with Gasteiger partial charge >= 0.3 is 6.09 Å². The lowest BCUT2D eigenvalue weighted by Crippen LogP contribution is -2.71. The van der Waals surface area contributed by atoms with E-state index in [4.69, 9.17) is 27.8 Å². The molecule has 0 aromatic carbocycles. The monoisotopic (exact) mass is 385 g/mol. The first-order chi connectivity index (χ1) is 11.9. The van der Waals surface area contributed by atoms with Crippen LogP contribution in [0.25, 0.3) is 0 Å². The summed E-state index contributed by atoms with van der Waals surface area (Å²) in [6, 6.07) is 0. The highest BCUT2D eigenvalue weighted by molar-refractivity contribution is 6.29. The molecule has 9 heteroatoms. The number of hydrogen-bond donors (Lipinski definition) is 2. The zero-order valence-corrected chi connectivity index (χ0v) is 16.8. The van der Waals surface area contributed by atoms with Gasteiger partial charge in [-0.2, -0.15) is 4.90 Å². The number of amides is 2. The molecule has 1 atom stereocenters. The molecule has 2 rings (SSSR count). The van der Waals surface area contributed by atoms with Gasteiger partial charge in [0.2, 0.25) is 0 Å². The summed E-state index contributed by atoms with van der Waals surface area (Å²) in [5.41, 5.74) is 10.6. The third-order valence-electron chi connectivity index (χ3n) is 4.58. The van der Waals surface area contributed by atoms with Crippen LogP contribution < -0.4 is 11.5 Å². The summed E-state index contributed by atoms with van der Waals surface area (Å²) >= 11 is 5.89. The molecule has 146 valence electrons. The van der Waals surface area contributed by atoms with E-state index in [0.29, 0.717) is 25.2 Å². The van der Waals surface area contributed by atoms with Crippen LogP contribution in [-0.4, -0.2) is 64.5 Å². The first kappa shape index (κ1) is 20.4. The Bertz CT molecular complexity index is 666. The molecule has 1 saturated heterocycles. The average molecular weight is 386 g/mol. The molecule has 8 nitrogen and oxygen atoms in total. The van der Waals surface area contributed by atoms with Gasteiger partial charge in [0.1, 0.15) is 22.1 Å². The molecule has 2 amide bonds. The van der Waals surface area contributed by atoms with Crippen molar-refractivity contribution in [3.05, 3.63) is 22.8 Å². The predicted octanol–water partition coefficient (Wildman–Crippen LogP) is 1.33. The predicted molar refractivity (Wildman–Crippen MR) is 99.6 cm³/mol. The fraction of sp³-hybridized carbons (Fsp3) is 0.647. The Morgan fingerprint density at radius 3 is 2.50 bits per heavy atom. The molecular formula is C17H28ClN5O3. The Morgan fingerprint density at radius 1 is 1.38 bits per heavy atom. The molecule has 4 N–H and O–H groups in total. The molecule has 0 aliphatic carbocycles. The minimum absolute atomic E-state index is 0.0189. The van der Waals surface area contributed by atoms with E-state index >= 15 is 0 Å². The number of nitrogens with two attached hydrogens (primary N) is 2. The number of likely N-dealkylation sites (N-methyl/N-ethyl adjacent to an activating group) is 1. The standard InChI is InChI=1S/C17H28ClN5O3/c1-6-17-10-21(5)7-8-22(17)11(9-12(18)19)13(20)23(14(17)24)15(25)26-16(2,3)4/h9H,6-8,10,19-20H2,1-5H3/b12-9-. The molecule has 0 spiro atoms. The quantitative estimate of drug-likeness (QED) is 0.690. The van der Waals surface area contributed by atoms with Crippen molar-refractivity contribution >= 4 is 23.6 Å². The third kappa shape index (κ3) is 3.61. The lowest BCUT2D eigenvalue weighted by atomic mass is 9.86. The first-order valence-electron chi connectivity index (χ1n) is 8.59. The zero-order valence-electron chi connectivity index (χ0n) is 16.0. The fourth-order valence-electron chi connectivity index (χ4n) is 3.43. The highest BCUT2D eigenvalue weighted by Crippen LogP contribution is 2.37. The molecule has 2 aliphatic heterocycles. The number of nitrogens with zero attached hydrogens (tertiary/aromatic N) is 3. The lowest BCUT2D eigenvalue weighted by Gasteiger charge is -2.54. The van der Waals surface area contributed by atoms with E-state index < -0.39 is 23.1 Å². The van der Waals surface area contributed by atoms with E-state index in [-0.39, 0.29) is 11.0 Å². The van der Waals surface area contributed by atoms with E-state index in [9.17, 15) is 9.59 Å². The van der Waals surface area contributed by atoms with Gasteiger partial charge in [0, 0.05) is 19.6 Å². The summed E-state index contributed by atoms with van der Waals surface area (Å²) in [5.74, 6) is -0.426. The van der Waals surface area contributed by atoms with Crippen LogP contribution in [0.3, 0.4) is 0 Å². The maximum absolute atomic E-state index is 13.4. The van der Waals surface area contributed by atoms with Gasteiger partial charge in [0.15, 0.2) is 0 Å². The minimum Gasteiger partial charge on any atom is -0.443 e. The summed E-state index contributed by atoms with van der Waals surface area (Å²) < 4.78 is 5.40. The van der Waals surface area contributed by atoms with Gasteiger partial charge < -0.3 is 26.0 Å². The minimum atomic E-state index is -0.940. The zero-order chi connectivity index (χ0) is 19.9. The number of hydrogen-bond acceptors (Lipinski definition) is 7. The number of imide groups is 1. The number of piperazine rings is 1. The third-order valence-corrected chi connectivity index (χ3v) is 4.69. The number of fused-ring (bicyclic) bond motifs is 1. The summed E-state index contributed by atoms with van der Waals surface area (Å²) in [5, 5.41) is 0.0189. The second kappa shape index (κ2) is 7.00. The Balaban J connectivity index is 2.62. The summed E-state index contributed by atoms with van der Waals surface area (Å²) in [6.45, 7) is 8.86. The van der Waals surface area contributed by atoms with E-state index in [1.54, 1.807) is 20.8 Å². The molecule has 0 saturated carbocycles. The Hall–Kier alpha value is -1.93. The van der Waals surface area contributed by atoms with Crippen molar-refractivity contribution in [3.8, 4) is 0 Å². The molecule has 0 radical (unpaired) electrons. The van der Waals surface area contributed by atoms with Crippen molar-refractivity contribution in [3.63, 3.8) is 0 Å². The largest absolute Gasteiger partial charge is 0.443 e. The Kier molecular flexibility index (Phi) is 5.49. The lowest BCUT2D eigenvalue weighted by molar-refractivity contribution is -0.147. The van der Waals surface area contributed by atoms with E-state index in [2.05, 4.69) is 4.90 Å². The van der Waals surface area contributed by atoms with Gasteiger partial charge in [-0.05, 0) is 40.3 Å². The normalized spacial score (nSPS) is 25.5. The van der Waals surface area contributed by atoms with Gasteiger partial charge in [0.25, 0.3) is 5.91 Å². The highest BCUT2D eigenvalue weighted by Gasteiger charge is 2.54. The molecule has 0 aromatic heterocycles. The van der Waals surface area contributed by atoms with Gasteiger partial charge in [-0.15, -0.1) is 0 Å². The first-order valence-corrected chi connectivity index (χ1v) is 8.97. The smallest absolute Gasteiger partial charge is 0.423 e. The van der Waals surface area contributed by atoms with E-state index in [1.165, 1.54) is 6.08 Å². The number of carbonyl (C=O) groups is 2. The summed E-state index contributed by atoms with van der Waals surface area (Å²) in [6.07, 6.45) is 1.17. The van der Waals surface area contributed by atoms with Crippen LogP contribution >= 0.6 is 11.6 Å². The second-order valence-electron chi connectivity index (χ2n) is 7.70. The number of carbonyl (C=O) groups excluding carboxylic acids is 2. The van der Waals surface area contributed by atoms with Crippen molar-refractivity contribution in [2.24, 2.45) is 11.5 Å².